The molecule has 0 amide bonds. The Kier molecular flexibility index (Phi) is 4.35. The van der Waals surface area contributed by atoms with Gasteiger partial charge >= 0.3 is 0 Å². The SMILES string of the molecule is C=C1C(N2C=C(C)CC2)=NC(Cl)=CN1C(CC)CC. The third-order valence-electron chi connectivity index (χ3n) is 3.76. The summed E-state index contributed by atoms with van der Waals surface area (Å²) in [6.07, 6.45) is 7.26. The fourth-order valence-electron chi connectivity index (χ4n) is 2.60. The van der Waals surface area contributed by atoms with E-state index in [2.05, 4.69) is 48.3 Å². The van der Waals surface area contributed by atoms with Gasteiger partial charge in [0, 0.05) is 25.0 Å². The van der Waals surface area contributed by atoms with Gasteiger partial charge in [0.25, 0.3) is 0 Å². The third-order valence-corrected chi connectivity index (χ3v) is 3.94. The molecule has 0 aliphatic carbocycles. The summed E-state index contributed by atoms with van der Waals surface area (Å²) in [4.78, 5) is 8.79. The second kappa shape index (κ2) is 5.83. The fourth-order valence-corrected chi connectivity index (χ4v) is 2.78. The van der Waals surface area contributed by atoms with E-state index in [1.807, 2.05) is 6.20 Å². The van der Waals surface area contributed by atoms with Crippen molar-refractivity contribution in [1.82, 2.24) is 9.80 Å². The monoisotopic (exact) mass is 279 g/mol. The molecule has 0 bridgehead atoms. The first kappa shape index (κ1) is 14.2. The van der Waals surface area contributed by atoms with Crippen LogP contribution in [0.25, 0.3) is 0 Å². The van der Waals surface area contributed by atoms with E-state index in [-0.39, 0.29) is 0 Å². The Hall–Kier alpha value is -1.22. The first-order valence-corrected chi connectivity index (χ1v) is 7.32. The first-order valence-electron chi connectivity index (χ1n) is 6.94. The molecule has 0 saturated heterocycles. The van der Waals surface area contributed by atoms with E-state index in [9.17, 15) is 0 Å². The minimum absolute atomic E-state index is 0.430. The number of aliphatic imine (C=N–C) groups is 1. The van der Waals surface area contributed by atoms with Crippen molar-refractivity contribution in [3.05, 3.63) is 35.4 Å². The van der Waals surface area contributed by atoms with Crippen LogP contribution in [0, 0.1) is 0 Å². The van der Waals surface area contributed by atoms with Crippen LogP contribution in [0.2, 0.25) is 0 Å². The highest BCUT2D eigenvalue weighted by Crippen LogP contribution is 2.27. The van der Waals surface area contributed by atoms with Crippen molar-refractivity contribution in [2.75, 3.05) is 6.54 Å². The smallest absolute Gasteiger partial charge is 0.157 e. The summed E-state index contributed by atoms with van der Waals surface area (Å²) < 4.78 is 0. The molecule has 2 rings (SSSR count). The van der Waals surface area contributed by atoms with Crippen molar-refractivity contribution in [3.8, 4) is 0 Å². The van der Waals surface area contributed by atoms with Gasteiger partial charge in [0.2, 0.25) is 0 Å². The van der Waals surface area contributed by atoms with Crippen LogP contribution in [0.4, 0.5) is 0 Å². The van der Waals surface area contributed by atoms with Gasteiger partial charge in [-0.3, -0.25) is 0 Å². The molecule has 0 aromatic rings. The molecule has 0 atom stereocenters. The lowest BCUT2D eigenvalue weighted by molar-refractivity contribution is 0.324. The van der Waals surface area contributed by atoms with E-state index in [4.69, 9.17) is 11.6 Å². The normalized spacial score (nSPS) is 19.8. The Morgan fingerprint density at radius 1 is 1.37 bits per heavy atom. The molecule has 104 valence electrons. The number of amidine groups is 1. The van der Waals surface area contributed by atoms with E-state index < -0.39 is 0 Å². The first-order chi connectivity index (χ1) is 9.06. The van der Waals surface area contributed by atoms with Gasteiger partial charge in [-0.1, -0.05) is 37.6 Å². The largest absolute Gasteiger partial charge is 0.339 e. The molecular formula is C15H22ClN3. The summed E-state index contributed by atoms with van der Waals surface area (Å²) >= 11 is 6.19. The minimum Gasteiger partial charge on any atom is -0.339 e. The lowest BCUT2D eigenvalue weighted by Crippen LogP contribution is -2.39. The Bertz CT molecular complexity index is 458. The summed E-state index contributed by atoms with van der Waals surface area (Å²) in [5, 5.41) is 0.534. The maximum absolute atomic E-state index is 6.19. The van der Waals surface area contributed by atoms with Gasteiger partial charge in [0.1, 0.15) is 5.16 Å². The summed E-state index contributed by atoms with van der Waals surface area (Å²) in [5.74, 6) is 0.885. The molecule has 2 heterocycles. The van der Waals surface area contributed by atoms with E-state index in [0.717, 1.165) is 37.3 Å². The zero-order chi connectivity index (χ0) is 14.0. The van der Waals surface area contributed by atoms with Crippen molar-refractivity contribution in [3.63, 3.8) is 0 Å². The predicted octanol–water partition coefficient (Wildman–Crippen LogP) is 4.05. The topological polar surface area (TPSA) is 18.8 Å². The molecule has 0 spiro atoms. The fraction of sp³-hybridized carbons (Fsp3) is 0.533. The highest BCUT2D eigenvalue weighted by molar-refractivity contribution is 6.30. The molecule has 19 heavy (non-hydrogen) atoms. The number of hydrogen-bond acceptors (Lipinski definition) is 3. The quantitative estimate of drug-likeness (QED) is 0.726. The summed E-state index contributed by atoms with van der Waals surface area (Å²) in [7, 11) is 0. The number of rotatable bonds is 3. The van der Waals surface area contributed by atoms with Gasteiger partial charge < -0.3 is 9.80 Å². The average molecular weight is 280 g/mol. The molecule has 0 fully saturated rings. The molecule has 0 aromatic carbocycles. The van der Waals surface area contributed by atoms with Gasteiger partial charge in [-0.25, -0.2) is 4.99 Å². The lowest BCUT2D eigenvalue weighted by atomic mass is 10.1. The van der Waals surface area contributed by atoms with E-state index >= 15 is 0 Å². The number of hydrogen-bond donors (Lipinski definition) is 0. The minimum atomic E-state index is 0.430. The van der Waals surface area contributed by atoms with Crippen LogP contribution in [-0.2, 0) is 0 Å². The van der Waals surface area contributed by atoms with Gasteiger partial charge in [-0.2, -0.15) is 0 Å². The molecule has 3 nitrogen and oxygen atoms in total. The average Bonchev–Trinajstić information content (AvgIpc) is 2.81. The maximum atomic E-state index is 6.19. The van der Waals surface area contributed by atoms with Crippen molar-refractivity contribution in [1.29, 1.82) is 0 Å². The van der Waals surface area contributed by atoms with Gasteiger partial charge in [-0.05, 0) is 26.2 Å². The highest BCUT2D eigenvalue weighted by atomic mass is 35.5. The van der Waals surface area contributed by atoms with E-state index in [1.165, 1.54) is 5.57 Å². The number of nitrogens with zero attached hydrogens (tertiary/aromatic N) is 3. The molecule has 0 aromatic heterocycles. The number of halogens is 1. The van der Waals surface area contributed by atoms with Crippen molar-refractivity contribution < 1.29 is 0 Å². The molecule has 0 radical (unpaired) electrons. The zero-order valence-electron chi connectivity index (χ0n) is 12.0. The summed E-state index contributed by atoms with van der Waals surface area (Å²) in [6, 6.07) is 0.430. The lowest BCUT2D eigenvalue weighted by Gasteiger charge is -2.35. The summed E-state index contributed by atoms with van der Waals surface area (Å²) in [5.41, 5.74) is 2.32. The molecule has 2 aliphatic rings. The summed E-state index contributed by atoms with van der Waals surface area (Å²) in [6.45, 7) is 11.7. The maximum Gasteiger partial charge on any atom is 0.157 e. The molecule has 0 unspecified atom stereocenters. The van der Waals surface area contributed by atoms with Crippen LogP contribution in [0.1, 0.15) is 40.0 Å². The predicted molar refractivity (Wildman–Crippen MR) is 81.8 cm³/mol. The Morgan fingerprint density at radius 2 is 2.05 bits per heavy atom. The van der Waals surface area contributed by atoms with E-state index in [0.29, 0.717) is 11.2 Å². The van der Waals surface area contributed by atoms with Crippen molar-refractivity contribution in [2.45, 2.75) is 46.1 Å². The standard InChI is InChI=1S/C15H22ClN3/c1-5-13(6-2)19-10-14(16)17-15(12(19)4)18-8-7-11(3)9-18/h9-10,13H,4-8H2,1-3H3. The van der Waals surface area contributed by atoms with Crippen LogP contribution >= 0.6 is 11.6 Å². The Morgan fingerprint density at radius 3 is 2.58 bits per heavy atom. The molecule has 0 saturated carbocycles. The van der Waals surface area contributed by atoms with Gasteiger partial charge in [0.05, 0.1) is 5.70 Å². The second-order valence-corrected chi connectivity index (χ2v) is 5.52. The van der Waals surface area contributed by atoms with Crippen molar-refractivity contribution >= 4 is 17.4 Å². The van der Waals surface area contributed by atoms with E-state index in [1.54, 1.807) is 0 Å². The third kappa shape index (κ3) is 2.86. The molecule has 4 heteroatoms. The van der Waals surface area contributed by atoms with Crippen LogP contribution in [0.15, 0.2) is 40.4 Å². The Labute approximate surface area is 120 Å². The molecular weight excluding hydrogens is 258 g/mol. The molecule has 2 aliphatic heterocycles. The Balaban J connectivity index is 2.26. The van der Waals surface area contributed by atoms with Gasteiger partial charge in [-0.15, -0.1) is 0 Å². The van der Waals surface area contributed by atoms with Crippen molar-refractivity contribution in [2.24, 2.45) is 4.99 Å². The van der Waals surface area contributed by atoms with Crippen LogP contribution in [0.3, 0.4) is 0 Å². The van der Waals surface area contributed by atoms with Gasteiger partial charge in [0.15, 0.2) is 5.84 Å². The zero-order valence-corrected chi connectivity index (χ0v) is 12.7. The van der Waals surface area contributed by atoms with Crippen LogP contribution in [0.5, 0.6) is 0 Å². The molecule has 0 N–H and O–H groups in total. The van der Waals surface area contributed by atoms with Crippen LogP contribution in [-0.4, -0.2) is 28.2 Å². The highest BCUT2D eigenvalue weighted by Gasteiger charge is 2.27. The second-order valence-electron chi connectivity index (χ2n) is 5.13. The van der Waals surface area contributed by atoms with Crippen LogP contribution < -0.4 is 0 Å².